The maximum absolute atomic E-state index is 16.4. The summed E-state index contributed by atoms with van der Waals surface area (Å²) in [6.45, 7) is 11.8. The predicted molar refractivity (Wildman–Crippen MR) is 243 cm³/mol. The number of aliphatic imine (C=N–C) groups is 1. The van der Waals surface area contributed by atoms with Crippen LogP contribution in [0.3, 0.4) is 0 Å². The van der Waals surface area contributed by atoms with Gasteiger partial charge in [-0.05, 0) is 124 Å². The molecule has 0 unspecified atom stereocenters. The summed E-state index contributed by atoms with van der Waals surface area (Å²) >= 11 is 1.65. The molecule has 4 aromatic carbocycles. The van der Waals surface area contributed by atoms with E-state index in [1.807, 2.05) is 59.7 Å². The molecule has 9 nitrogen and oxygen atoms in total. The fourth-order valence-corrected chi connectivity index (χ4v) is 11.8. The van der Waals surface area contributed by atoms with Gasteiger partial charge in [-0.2, -0.15) is 0 Å². The van der Waals surface area contributed by atoms with Gasteiger partial charge in [-0.25, -0.2) is 13.2 Å². The van der Waals surface area contributed by atoms with E-state index in [2.05, 4.69) is 46.0 Å². The van der Waals surface area contributed by atoms with Crippen LogP contribution in [0.5, 0.6) is 5.75 Å². The monoisotopic (exact) mass is 871 g/mol. The van der Waals surface area contributed by atoms with Crippen molar-refractivity contribution in [3.05, 3.63) is 152 Å². The molecule has 2 N–H and O–H groups in total. The molecule has 326 valence electrons. The average Bonchev–Trinajstić information content (AvgIpc) is 3.77. The lowest BCUT2D eigenvalue weighted by Crippen LogP contribution is -2.55. The molecule has 4 aliphatic rings. The van der Waals surface area contributed by atoms with Crippen LogP contribution in [0, 0.1) is 38.2 Å². The summed E-state index contributed by atoms with van der Waals surface area (Å²) in [5, 5.41) is 31.7. The van der Waals surface area contributed by atoms with Crippen LogP contribution in [0.4, 0.5) is 24.5 Å². The minimum Gasteiger partial charge on any atom is -0.508 e. The summed E-state index contributed by atoms with van der Waals surface area (Å²) in [6.07, 6.45) is 2.54. The summed E-state index contributed by atoms with van der Waals surface area (Å²) in [5.41, 5.74) is 6.44. The molecule has 0 bridgehead atoms. The molecule has 5 heterocycles. The molecule has 0 spiro atoms. The zero-order chi connectivity index (χ0) is 43.7. The van der Waals surface area contributed by atoms with Crippen molar-refractivity contribution in [1.29, 1.82) is 0 Å². The van der Waals surface area contributed by atoms with Crippen molar-refractivity contribution < 1.29 is 23.4 Å². The number of aliphatic hydroxyl groups is 1. The first kappa shape index (κ1) is 41.5. The Morgan fingerprint density at radius 2 is 1.56 bits per heavy atom. The Morgan fingerprint density at radius 3 is 2.30 bits per heavy atom. The topological polar surface area (TPSA) is 93.2 Å². The van der Waals surface area contributed by atoms with Crippen LogP contribution in [0.15, 0.2) is 83.9 Å². The van der Waals surface area contributed by atoms with Crippen molar-refractivity contribution in [2.45, 2.75) is 76.9 Å². The fraction of sp³-hybridized carbons (Fsp3) is 0.380. The second-order valence-corrected chi connectivity index (χ2v) is 19.1. The molecule has 0 saturated carbocycles. The van der Waals surface area contributed by atoms with E-state index in [0.717, 1.165) is 67.9 Å². The van der Waals surface area contributed by atoms with E-state index < -0.39 is 23.2 Å². The number of piperidine rings is 1. The van der Waals surface area contributed by atoms with E-state index in [1.165, 1.54) is 12.1 Å². The molecule has 63 heavy (non-hydrogen) atoms. The summed E-state index contributed by atoms with van der Waals surface area (Å²) in [6, 6.07) is 23.1. The van der Waals surface area contributed by atoms with Crippen molar-refractivity contribution in [2.24, 2.45) is 4.99 Å². The lowest BCUT2D eigenvalue weighted by Gasteiger charge is -2.44. The molecule has 13 heteroatoms. The Bertz CT molecular complexity index is 2740. The highest BCUT2D eigenvalue weighted by Crippen LogP contribution is 2.48. The Morgan fingerprint density at radius 1 is 0.794 bits per heavy atom. The van der Waals surface area contributed by atoms with Gasteiger partial charge >= 0.3 is 0 Å². The standard InChI is InChI=1S/C50H52F3N7O2S/c1-29-31(3)63-49-45(29)47(54-30(2)48-56-55-32(4)60(48)49)39-14-11-35(25-41(39)51)58-18-16-50(62,17-19-58)28-57-20-22-59(23-21-57)44-27-42(52)40(26-43(44)53)46-37(33-8-6-5-7-9-33)13-10-34-24-36(61)12-15-38(34)46/h5-9,11-12,14-15,24-27,30,37,46,61-62H,10,13,16-23,28H2,1-4H3/t30-,37+,46-/m0/s1. The number of nitrogens with zero attached hydrogens (tertiary/aromatic N) is 7. The van der Waals surface area contributed by atoms with Crippen molar-refractivity contribution in [3.8, 4) is 10.8 Å². The van der Waals surface area contributed by atoms with E-state index in [1.54, 1.807) is 29.5 Å². The number of thiophene rings is 1. The number of piperazine rings is 1. The Labute approximate surface area is 370 Å². The van der Waals surface area contributed by atoms with E-state index in [-0.39, 0.29) is 29.2 Å². The van der Waals surface area contributed by atoms with Crippen LogP contribution in [-0.2, 0) is 6.42 Å². The number of fused-ring (bicyclic) bond motifs is 4. The van der Waals surface area contributed by atoms with Crippen LogP contribution < -0.4 is 9.80 Å². The summed E-state index contributed by atoms with van der Waals surface area (Å²) in [5.74, 6) is 0.0122. The van der Waals surface area contributed by atoms with Gasteiger partial charge < -0.3 is 20.0 Å². The largest absolute Gasteiger partial charge is 0.508 e. The van der Waals surface area contributed by atoms with Crippen LogP contribution in [0.25, 0.3) is 5.00 Å². The second kappa shape index (κ2) is 16.2. The highest BCUT2D eigenvalue weighted by atomic mass is 32.1. The minimum absolute atomic E-state index is 0.0405. The third kappa shape index (κ3) is 7.51. The van der Waals surface area contributed by atoms with Gasteiger partial charge in [0.1, 0.15) is 40.1 Å². The summed E-state index contributed by atoms with van der Waals surface area (Å²) < 4.78 is 50.9. The van der Waals surface area contributed by atoms with E-state index in [0.29, 0.717) is 75.5 Å². The number of aromatic nitrogens is 3. The number of hydrogen-bond acceptors (Lipinski definition) is 9. The smallest absolute Gasteiger partial charge is 0.162 e. The first-order chi connectivity index (χ1) is 30.4. The lowest BCUT2D eigenvalue weighted by atomic mass is 9.69. The minimum atomic E-state index is -0.925. The van der Waals surface area contributed by atoms with Gasteiger partial charge in [-0.1, -0.05) is 36.4 Å². The number of phenolic OH excluding ortho intramolecular Hbond substituents is 1. The van der Waals surface area contributed by atoms with Gasteiger partial charge in [0, 0.05) is 79.5 Å². The lowest BCUT2D eigenvalue weighted by molar-refractivity contribution is -0.0173. The normalized spacial score (nSPS) is 21.1. The molecule has 3 atom stereocenters. The van der Waals surface area contributed by atoms with E-state index in [9.17, 15) is 10.2 Å². The zero-order valence-electron chi connectivity index (χ0n) is 36.1. The quantitative estimate of drug-likeness (QED) is 0.165. The third-order valence-corrected chi connectivity index (χ3v) is 15.3. The molecule has 0 radical (unpaired) electrons. The van der Waals surface area contributed by atoms with Gasteiger partial charge in [0.2, 0.25) is 0 Å². The number of phenols is 1. The molecule has 3 aliphatic heterocycles. The molecular weight excluding hydrogens is 820 g/mol. The highest BCUT2D eigenvalue weighted by molar-refractivity contribution is 7.15. The van der Waals surface area contributed by atoms with Crippen molar-refractivity contribution in [2.75, 3.05) is 55.6 Å². The van der Waals surface area contributed by atoms with Crippen LogP contribution >= 0.6 is 11.3 Å². The summed E-state index contributed by atoms with van der Waals surface area (Å²) in [4.78, 5) is 12.4. The van der Waals surface area contributed by atoms with E-state index >= 15 is 13.2 Å². The maximum Gasteiger partial charge on any atom is 0.162 e. The number of benzene rings is 4. The van der Waals surface area contributed by atoms with Crippen LogP contribution in [0.2, 0.25) is 0 Å². The molecule has 10 rings (SSSR count). The van der Waals surface area contributed by atoms with Gasteiger partial charge in [0.15, 0.2) is 5.82 Å². The Kier molecular flexibility index (Phi) is 10.7. The van der Waals surface area contributed by atoms with Crippen molar-refractivity contribution >= 4 is 28.4 Å². The first-order valence-corrected chi connectivity index (χ1v) is 22.9. The average molecular weight is 872 g/mol. The third-order valence-electron chi connectivity index (χ3n) is 14.1. The van der Waals surface area contributed by atoms with Crippen LogP contribution in [-0.4, -0.2) is 87.0 Å². The molecule has 6 aromatic rings. The number of aromatic hydroxyl groups is 1. The van der Waals surface area contributed by atoms with E-state index in [4.69, 9.17) is 4.99 Å². The zero-order valence-corrected chi connectivity index (χ0v) is 36.9. The van der Waals surface area contributed by atoms with Crippen molar-refractivity contribution in [3.63, 3.8) is 0 Å². The first-order valence-electron chi connectivity index (χ1n) is 22.1. The van der Waals surface area contributed by atoms with Gasteiger partial charge in [-0.15, -0.1) is 21.5 Å². The fourth-order valence-electron chi connectivity index (χ4n) is 10.5. The molecule has 2 saturated heterocycles. The molecule has 2 aromatic heterocycles. The number of hydrogen-bond donors (Lipinski definition) is 2. The number of halogens is 3. The second-order valence-electron chi connectivity index (χ2n) is 17.9. The summed E-state index contributed by atoms with van der Waals surface area (Å²) in [7, 11) is 0. The molecular formula is C50H52F3N7O2S. The molecule has 0 amide bonds. The Hall–Kier alpha value is -5.50. The number of aryl methyl sites for hydroxylation is 3. The molecule has 2 fully saturated rings. The van der Waals surface area contributed by atoms with Gasteiger partial charge in [0.05, 0.1) is 17.0 Å². The number of β-amino-alcohol motifs (C(OH)–C–C–N with tert-alkyl or cyclic N) is 1. The number of anilines is 2. The Balaban J connectivity index is 0.792. The van der Waals surface area contributed by atoms with Gasteiger partial charge in [0.25, 0.3) is 0 Å². The number of rotatable bonds is 7. The molecule has 1 aliphatic carbocycles. The SMILES string of the molecule is Cc1sc2c(c1C)C(c1ccc(N3CCC(O)(CN4CCN(c5cc(F)c([C@@H]6c7ccc(O)cc7CC[C@@H]6c6ccccc6)cc5F)CC4)CC3)cc1F)=N[C@@H](C)c1nnc(C)n1-2. The van der Waals surface area contributed by atoms with Crippen molar-refractivity contribution in [1.82, 2.24) is 19.7 Å². The predicted octanol–water partition coefficient (Wildman–Crippen LogP) is 9.30. The maximum atomic E-state index is 16.4. The van der Waals surface area contributed by atoms with Gasteiger partial charge in [-0.3, -0.25) is 14.5 Å². The van der Waals surface area contributed by atoms with Crippen LogP contribution in [0.1, 0.15) is 99.5 Å². The highest BCUT2D eigenvalue weighted by Gasteiger charge is 2.38.